The highest BCUT2D eigenvalue weighted by atomic mass is 32.2. The summed E-state index contributed by atoms with van der Waals surface area (Å²) in [6, 6.07) is 15.7. The van der Waals surface area contributed by atoms with Crippen molar-refractivity contribution in [2.75, 3.05) is 13.2 Å². The highest BCUT2D eigenvalue weighted by molar-refractivity contribution is 8.00. The van der Waals surface area contributed by atoms with Crippen molar-refractivity contribution in [2.45, 2.75) is 55.8 Å². The Balaban J connectivity index is 1.41. The predicted molar refractivity (Wildman–Crippen MR) is 126 cm³/mol. The summed E-state index contributed by atoms with van der Waals surface area (Å²) in [7, 11) is 0. The molecule has 6 nitrogen and oxygen atoms in total. The van der Waals surface area contributed by atoms with E-state index in [1.54, 1.807) is 4.57 Å². The molecule has 1 aromatic heterocycles. The Morgan fingerprint density at radius 3 is 2.78 bits per heavy atom. The number of ether oxygens (including phenoxy) is 1. The van der Waals surface area contributed by atoms with Gasteiger partial charge in [-0.1, -0.05) is 48.2 Å². The fraction of sp³-hybridized carbons (Fsp3) is 0.400. The number of fused-ring (bicyclic) bond motifs is 2. The molecular weight excluding hydrogens is 422 g/mol. The Hall–Kier alpha value is -2.64. The van der Waals surface area contributed by atoms with Crippen LogP contribution < -0.4 is 5.56 Å². The van der Waals surface area contributed by atoms with Crippen LogP contribution in [0.3, 0.4) is 0 Å². The summed E-state index contributed by atoms with van der Waals surface area (Å²) < 4.78 is 7.49. The van der Waals surface area contributed by atoms with Gasteiger partial charge in [-0.15, -0.1) is 0 Å². The monoisotopic (exact) mass is 449 g/mol. The molecule has 2 aliphatic heterocycles. The van der Waals surface area contributed by atoms with Gasteiger partial charge in [0.2, 0.25) is 5.91 Å². The molecule has 32 heavy (non-hydrogen) atoms. The molecule has 0 spiro atoms. The van der Waals surface area contributed by atoms with Crippen LogP contribution in [-0.4, -0.2) is 44.9 Å². The molecule has 7 heteroatoms. The van der Waals surface area contributed by atoms with Gasteiger partial charge >= 0.3 is 0 Å². The zero-order valence-corrected chi connectivity index (χ0v) is 19.0. The summed E-state index contributed by atoms with van der Waals surface area (Å²) in [4.78, 5) is 33.3. The van der Waals surface area contributed by atoms with E-state index in [2.05, 4.69) is 12.1 Å². The first-order chi connectivity index (χ1) is 15.6. The summed E-state index contributed by atoms with van der Waals surface area (Å²) >= 11 is 1.37. The second-order valence-electron chi connectivity index (χ2n) is 8.50. The van der Waals surface area contributed by atoms with Crippen LogP contribution in [-0.2, 0) is 29.0 Å². The number of benzene rings is 2. The van der Waals surface area contributed by atoms with Crippen molar-refractivity contribution in [1.29, 1.82) is 0 Å². The average molecular weight is 450 g/mol. The van der Waals surface area contributed by atoms with E-state index in [0.717, 1.165) is 25.9 Å². The second-order valence-corrected chi connectivity index (χ2v) is 9.81. The number of carbonyl (C=O) groups is 1. The van der Waals surface area contributed by atoms with E-state index in [0.29, 0.717) is 35.7 Å². The number of aromatic nitrogens is 2. The topological polar surface area (TPSA) is 64.4 Å². The van der Waals surface area contributed by atoms with Crippen molar-refractivity contribution in [3.05, 3.63) is 70.0 Å². The first kappa shape index (κ1) is 21.2. The molecule has 0 aliphatic carbocycles. The van der Waals surface area contributed by atoms with E-state index in [1.165, 1.54) is 22.9 Å². The number of rotatable bonds is 5. The van der Waals surface area contributed by atoms with Crippen LogP contribution in [0.5, 0.6) is 0 Å². The molecule has 0 saturated carbocycles. The van der Waals surface area contributed by atoms with Gasteiger partial charge in [0.15, 0.2) is 5.16 Å². The second kappa shape index (κ2) is 9.08. The van der Waals surface area contributed by atoms with Crippen molar-refractivity contribution >= 4 is 28.6 Å². The zero-order chi connectivity index (χ0) is 22.1. The lowest BCUT2D eigenvalue weighted by Gasteiger charge is -2.31. The molecule has 2 aromatic carbocycles. The molecule has 2 aliphatic rings. The highest BCUT2D eigenvalue weighted by Gasteiger charge is 2.27. The Bertz CT molecular complexity index is 1200. The van der Waals surface area contributed by atoms with Gasteiger partial charge in [0, 0.05) is 19.7 Å². The zero-order valence-electron chi connectivity index (χ0n) is 18.2. The molecule has 2 atom stereocenters. The van der Waals surface area contributed by atoms with Gasteiger partial charge in [0.1, 0.15) is 0 Å². The standard InChI is InChI=1S/C25H27N3O3S/c1-17(23(29)27-13-12-18-7-2-3-8-19(18)15-27)32-25-26-22-11-5-4-10-21(22)24(30)28(25)16-20-9-6-14-31-20/h2-5,7-8,10-11,17,20H,6,9,12-16H2,1H3. The van der Waals surface area contributed by atoms with Crippen molar-refractivity contribution in [1.82, 2.24) is 14.5 Å². The van der Waals surface area contributed by atoms with Crippen molar-refractivity contribution in [3.8, 4) is 0 Å². The van der Waals surface area contributed by atoms with Crippen LogP contribution in [0.1, 0.15) is 30.9 Å². The Morgan fingerprint density at radius 2 is 1.97 bits per heavy atom. The molecule has 1 saturated heterocycles. The van der Waals surface area contributed by atoms with Crippen LogP contribution in [0.4, 0.5) is 0 Å². The van der Waals surface area contributed by atoms with Crippen LogP contribution in [0.2, 0.25) is 0 Å². The van der Waals surface area contributed by atoms with Gasteiger partial charge in [-0.25, -0.2) is 4.98 Å². The average Bonchev–Trinajstić information content (AvgIpc) is 3.34. The number of para-hydroxylation sites is 1. The maximum Gasteiger partial charge on any atom is 0.262 e. The maximum atomic E-state index is 13.3. The summed E-state index contributed by atoms with van der Waals surface area (Å²) in [5.74, 6) is 0.0792. The smallest absolute Gasteiger partial charge is 0.262 e. The lowest BCUT2D eigenvalue weighted by molar-refractivity contribution is -0.131. The number of thioether (sulfide) groups is 1. The molecule has 0 bridgehead atoms. The summed E-state index contributed by atoms with van der Waals surface area (Å²) in [5.41, 5.74) is 3.12. The number of nitrogens with zero attached hydrogens (tertiary/aromatic N) is 3. The Kier molecular flexibility index (Phi) is 6.02. The summed E-state index contributed by atoms with van der Waals surface area (Å²) in [5, 5.41) is 0.841. The third-order valence-corrected chi connectivity index (χ3v) is 7.39. The lowest BCUT2D eigenvalue weighted by Crippen LogP contribution is -2.40. The molecular formula is C25H27N3O3S. The minimum atomic E-state index is -0.343. The molecule has 1 fully saturated rings. The minimum absolute atomic E-state index is 0.0135. The normalized spacial score (nSPS) is 19.2. The first-order valence-corrected chi connectivity index (χ1v) is 12.1. The number of hydrogen-bond acceptors (Lipinski definition) is 5. The van der Waals surface area contributed by atoms with E-state index >= 15 is 0 Å². The van der Waals surface area contributed by atoms with Crippen molar-refractivity contribution < 1.29 is 9.53 Å². The van der Waals surface area contributed by atoms with Crippen LogP contribution in [0.15, 0.2) is 58.5 Å². The van der Waals surface area contributed by atoms with Gasteiger partial charge in [0.05, 0.1) is 28.8 Å². The largest absolute Gasteiger partial charge is 0.376 e. The fourth-order valence-corrected chi connectivity index (χ4v) is 5.54. The predicted octanol–water partition coefficient (Wildman–Crippen LogP) is 3.64. The molecule has 3 heterocycles. The Morgan fingerprint density at radius 1 is 1.19 bits per heavy atom. The van der Waals surface area contributed by atoms with Crippen LogP contribution >= 0.6 is 11.8 Å². The molecule has 0 N–H and O–H groups in total. The van der Waals surface area contributed by atoms with E-state index in [-0.39, 0.29) is 22.8 Å². The number of amides is 1. The van der Waals surface area contributed by atoms with Gasteiger partial charge in [-0.05, 0) is 49.4 Å². The number of carbonyl (C=O) groups excluding carboxylic acids is 1. The fourth-order valence-electron chi connectivity index (χ4n) is 4.54. The van der Waals surface area contributed by atoms with Crippen LogP contribution in [0, 0.1) is 0 Å². The van der Waals surface area contributed by atoms with Crippen molar-refractivity contribution in [2.24, 2.45) is 0 Å². The van der Waals surface area contributed by atoms with Crippen LogP contribution in [0.25, 0.3) is 10.9 Å². The molecule has 5 rings (SSSR count). The number of hydrogen-bond donors (Lipinski definition) is 0. The quantitative estimate of drug-likeness (QED) is 0.440. The van der Waals surface area contributed by atoms with E-state index in [1.807, 2.05) is 48.2 Å². The Labute approximate surface area is 191 Å². The molecule has 3 aromatic rings. The van der Waals surface area contributed by atoms with E-state index < -0.39 is 0 Å². The highest BCUT2D eigenvalue weighted by Crippen LogP contribution is 2.27. The van der Waals surface area contributed by atoms with E-state index in [4.69, 9.17) is 9.72 Å². The van der Waals surface area contributed by atoms with Crippen molar-refractivity contribution in [3.63, 3.8) is 0 Å². The van der Waals surface area contributed by atoms with Gasteiger partial charge in [0.25, 0.3) is 5.56 Å². The summed E-state index contributed by atoms with van der Waals surface area (Å²) in [6.07, 6.45) is 2.83. The summed E-state index contributed by atoms with van der Waals surface area (Å²) in [6.45, 7) is 4.46. The lowest BCUT2D eigenvalue weighted by atomic mass is 10.00. The first-order valence-electron chi connectivity index (χ1n) is 11.2. The minimum Gasteiger partial charge on any atom is -0.376 e. The maximum absolute atomic E-state index is 13.3. The third-order valence-electron chi connectivity index (χ3n) is 6.31. The van der Waals surface area contributed by atoms with Gasteiger partial charge in [-0.3, -0.25) is 14.2 Å². The molecule has 1 amide bonds. The SMILES string of the molecule is CC(Sc1nc2ccccc2c(=O)n1CC1CCCO1)C(=O)N1CCc2ccccc2C1. The molecule has 2 unspecified atom stereocenters. The molecule has 166 valence electrons. The molecule has 0 radical (unpaired) electrons. The van der Waals surface area contributed by atoms with Gasteiger partial charge in [-0.2, -0.15) is 0 Å². The third kappa shape index (κ3) is 4.19. The van der Waals surface area contributed by atoms with Gasteiger partial charge < -0.3 is 9.64 Å². The van der Waals surface area contributed by atoms with E-state index in [9.17, 15) is 9.59 Å².